The van der Waals surface area contributed by atoms with E-state index in [4.69, 9.17) is 16.9 Å². The van der Waals surface area contributed by atoms with Gasteiger partial charge in [-0.1, -0.05) is 18.2 Å². The van der Waals surface area contributed by atoms with Gasteiger partial charge in [0.15, 0.2) is 5.60 Å². The minimum atomic E-state index is -4.78. The molecule has 0 aliphatic rings. The number of hydrogen-bond donors (Lipinski definition) is 2. The van der Waals surface area contributed by atoms with Crippen LogP contribution in [0.15, 0.2) is 41.7 Å². The number of carbonyl (C=O) groups excluding carboxylic acids is 1. The number of rotatable bonds is 5. The van der Waals surface area contributed by atoms with Crippen LogP contribution in [0.25, 0.3) is 0 Å². The van der Waals surface area contributed by atoms with Gasteiger partial charge >= 0.3 is 6.18 Å². The van der Waals surface area contributed by atoms with Crippen LogP contribution in [-0.4, -0.2) is 26.4 Å². The van der Waals surface area contributed by atoms with E-state index in [-0.39, 0.29) is 21.9 Å². The lowest BCUT2D eigenvalue weighted by atomic mass is 10.0. The van der Waals surface area contributed by atoms with Gasteiger partial charge in [0.1, 0.15) is 4.60 Å². The molecule has 0 spiro atoms. The molecule has 0 saturated heterocycles. The zero-order valence-corrected chi connectivity index (χ0v) is 15.7. The van der Waals surface area contributed by atoms with E-state index in [0.717, 1.165) is 18.2 Å². The van der Waals surface area contributed by atoms with Crippen molar-refractivity contribution in [1.29, 1.82) is 5.26 Å². The molecule has 0 radical (unpaired) electrons. The Morgan fingerprint density at radius 3 is 2.67 bits per heavy atom. The predicted molar refractivity (Wildman–Crippen MR) is 94.9 cm³/mol. The van der Waals surface area contributed by atoms with E-state index in [0.29, 0.717) is 6.07 Å². The smallest absolute Gasteiger partial charge is 0.374 e. The number of amides is 1. The Balaban J connectivity index is 2.28. The number of nitrogens with zero attached hydrogens (tertiary/aromatic N) is 3. The highest BCUT2D eigenvalue weighted by molar-refractivity contribution is 9.10. The summed E-state index contributed by atoms with van der Waals surface area (Å²) in [5.74, 6) is -1.03. The van der Waals surface area contributed by atoms with Crippen LogP contribution in [0, 0.1) is 11.3 Å². The first-order valence-electron chi connectivity index (χ1n) is 7.17. The van der Waals surface area contributed by atoms with Gasteiger partial charge in [0, 0.05) is 11.9 Å². The SMILES string of the molecule is C=C[C@](O)(Cn1cc(Cl)c(Br)n1)C(=O)Nc1ccc(C#N)c(C(F)(F)F)c1. The van der Waals surface area contributed by atoms with E-state index in [1.165, 1.54) is 16.9 Å². The summed E-state index contributed by atoms with van der Waals surface area (Å²) in [6.07, 6.45) is -2.50. The maximum absolute atomic E-state index is 13.0. The molecule has 0 aliphatic heterocycles. The Bertz CT molecular complexity index is 919. The molecule has 0 aliphatic carbocycles. The average Bonchev–Trinajstić information content (AvgIpc) is 2.91. The number of nitrogens with one attached hydrogen (secondary N) is 1. The van der Waals surface area contributed by atoms with Gasteiger partial charge in [-0.25, -0.2) is 0 Å². The van der Waals surface area contributed by atoms with Crippen LogP contribution < -0.4 is 5.32 Å². The van der Waals surface area contributed by atoms with Crippen LogP contribution in [0.2, 0.25) is 5.02 Å². The summed E-state index contributed by atoms with van der Waals surface area (Å²) < 4.78 is 40.5. The Morgan fingerprint density at radius 1 is 1.52 bits per heavy atom. The molecule has 6 nitrogen and oxygen atoms in total. The Morgan fingerprint density at radius 2 is 2.19 bits per heavy atom. The fourth-order valence-electron chi connectivity index (χ4n) is 2.12. The average molecular weight is 464 g/mol. The van der Waals surface area contributed by atoms with Gasteiger partial charge in [0.25, 0.3) is 5.91 Å². The molecule has 11 heteroatoms. The predicted octanol–water partition coefficient (Wildman–Crippen LogP) is 3.75. The molecule has 1 aromatic heterocycles. The van der Waals surface area contributed by atoms with Crippen LogP contribution in [0.3, 0.4) is 0 Å². The van der Waals surface area contributed by atoms with E-state index in [1.54, 1.807) is 0 Å². The number of alkyl halides is 3. The number of benzene rings is 1. The molecule has 1 amide bonds. The summed E-state index contributed by atoms with van der Waals surface area (Å²) >= 11 is 8.90. The Hall–Kier alpha value is -2.35. The first-order valence-corrected chi connectivity index (χ1v) is 8.34. The van der Waals surface area contributed by atoms with E-state index < -0.39 is 28.8 Å². The first kappa shape index (κ1) is 21.0. The Kier molecular flexibility index (Phi) is 5.99. The standard InChI is InChI=1S/C16H11BrClF3N4O2/c1-2-15(27,8-25-7-12(18)13(17)24-25)14(26)23-10-4-3-9(6-22)11(5-10)16(19,20)21/h2-5,7,27H,1,8H2,(H,23,26)/t15-/m0/s1. The topological polar surface area (TPSA) is 90.9 Å². The van der Waals surface area contributed by atoms with Gasteiger partial charge in [-0.2, -0.15) is 23.5 Å². The molecule has 2 rings (SSSR count). The van der Waals surface area contributed by atoms with Crippen molar-refractivity contribution < 1.29 is 23.1 Å². The van der Waals surface area contributed by atoms with Crippen molar-refractivity contribution in [3.05, 3.63) is 57.8 Å². The molecular formula is C16H11BrClF3N4O2. The summed E-state index contributed by atoms with van der Waals surface area (Å²) in [7, 11) is 0. The number of nitriles is 1. The molecule has 1 heterocycles. The fraction of sp³-hybridized carbons (Fsp3) is 0.188. The Labute approximate surface area is 165 Å². The van der Waals surface area contributed by atoms with Crippen LogP contribution in [0.1, 0.15) is 11.1 Å². The third-order valence-electron chi connectivity index (χ3n) is 3.51. The number of hydrogen-bond acceptors (Lipinski definition) is 4. The second kappa shape index (κ2) is 7.72. The van der Waals surface area contributed by atoms with Crippen molar-refractivity contribution in [1.82, 2.24) is 9.78 Å². The number of aliphatic hydroxyl groups is 1. The van der Waals surface area contributed by atoms with Gasteiger partial charge in [0.2, 0.25) is 0 Å². The normalized spacial score (nSPS) is 13.5. The van der Waals surface area contributed by atoms with Gasteiger partial charge in [0.05, 0.1) is 28.8 Å². The molecule has 0 unspecified atom stereocenters. The van der Waals surface area contributed by atoms with Gasteiger partial charge < -0.3 is 10.4 Å². The number of anilines is 1. The van der Waals surface area contributed by atoms with Crippen molar-refractivity contribution in [3.8, 4) is 6.07 Å². The van der Waals surface area contributed by atoms with Gasteiger partial charge in [-0.05, 0) is 40.2 Å². The van der Waals surface area contributed by atoms with Crippen molar-refractivity contribution in [2.75, 3.05) is 5.32 Å². The highest BCUT2D eigenvalue weighted by atomic mass is 79.9. The minimum absolute atomic E-state index is 0.240. The summed E-state index contributed by atoms with van der Waals surface area (Å²) in [6, 6.07) is 4.10. The minimum Gasteiger partial charge on any atom is -0.374 e. The van der Waals surface area contributed by atoms with Crippen LogP contribution in [-0.2, 0) is 17.5 Å². The molecule has 0 saturated carbocycles. The van der Waals surface area contributed by atoms with Crippen LogP contribution in [0.5, 0.6) is 0 Å². The molecule has 2 aromatic rings. The monoisotopic (exact) mass is 462 g/mol. The molecule has 1 atom stereocenters. The lowest BCUT2D eigenvalue weighted by Gasteiger charge is -2.23. The molecule has 27 heavy (non-hydrogen) atoms. The quantitative estimate of drug-likeness (QED) is 0.661. The van der Waals surface area contributed by atoms with Crippen molar-refractivity contribution in [3.63, 3.8) is 0 Å². The molecule has 142 valence electrons. The first-order chi connectivity index (χ1) is 12.5. The van der Waals surface area contributed by atoms with Crippen LogP contribution in [0.4, 0.5) is 18.9 Å². The zero-order chi connectivity index (χ0) is 20.4. The summed E-state index contributed by atoms with van der Waals surface area (Å²) in [4.78, 5) is 12.4. The fourth-order valence-corrected chi connectivity index (χ4v) is 2.58. The number of carbonyl (C=O) groups is 1. The highest BCUT2D eigenvalue weighted by Gasteiger charge is 2.36. The van der Waals surface area contributed by atoms with Crippen LogP contribution >= 0.6 is 27.5 Å². The third kappa shape index (κ3) is 4.68. The van der Waals surface area contributed by atoms with E-state index in [2.05, 4.69) is 32.9 Å². The lowest BCUT2D eigenvalue weighted by molar-refractivity contribution is -0.137. The molecule has 2 N–H and O–H groups in total. The molecule has 1 aromatic carbocycles. The molecular weight excluding hydrogens is 453 g/mol. The summed E-state index contributed by atoms with van der Waals surface area (Å²) in [5, 5.41) is 25.7. The second-order valence-corrected chi connectivity index (χ2v) is 6.58. The van der Waals surface area contributed by atoms with E-state index >= 15 is 0 Å². The van der Waals surface area contributed by atoms with Gasteiger partial charge in [-0.15, -0.1) is 0 Å². The zero-order valence-electron chi connectivity index (χ0n) is 13.4. The van der Waals surface area contributed by atoms with E-state index in [1.807, 2.05) is 0 Å². The highest BCUT2D eigenvalue weighted by Crippen LogP contribution is 2.33. The van der Waals surface area contributed by atoms with Crippen molar-refractivity contribution in [2.45, 2.75) is 18.3 Å². The van der Waals surface area contributed by atoms with Gasteiger partial charge in [-0.3, -0.25) is 9.48 Å². The molecule has 0 fully saturated rings. The van der Waals surface area contributed by atoms with Crippen molar-refractivity contribution in [2.24, 2.45) is 0 Å². The number of halogens is 5. The summed E-state index contributed by atoms with van der Waals surface area (Å²) in [6.45, 7) is 3.01. The summed E-state index contributed by atoms with van der Waals surface area (Å²) in [5.41, 5.74) is -4.21. The molecule has 0 bridgehead atoms. The lowest BCUT2D eigenvalue weighted by Crippen LogP contribution is -2.44. The third-order valence-corrected chi connectivity index (χ3v) is 4.60. The maximum atomic E-state index is 13.0. The van der Waals surface area contributed by atoms with E-state index in [9.17, 15) is 23.1 Å². The second-order valence-electron chi connectivity index (χ2n) is 5.42. The largest absolute Gasteiger partial charge is 0.417 e. The number of aromatic nitrogens is 2. The van der Waals surface area contributed by atoms with Crippen molar-refractivity contribution >= 4 is 39.1 Å². The maximum Gasteiger partial charge on any atom is 0.417 e.